The van der Waals surface area contributed by atoms with Crippen LogP contribution in [0.25, 0.3) is 0 Å². The van der Waals surface area contributed by atoms with Crippen LogP contribution in [0.3, 0.4) is 0 Å². The van der Waals surface area contributed by atoms with Crippen LogP contribution in [0.2, 0.25) is 5.02 Å². The normalized spacial score (nSPS) is 10.8. The zero-order valence-corrected chi connectivity index (χ0v) is 15.9. The molecule has 0 aliphatic carbocycles. The van der Waals surface area contributed by atoms with E-state index in [1.54, 1.807) is 19.2 Å². The van der Waals surface area contributed by atoms with Crippen molar-refractivity contribution < 1.29 is 9.18 Å². The Morgan fingerprint density at radius 2 is 1.48 bits per heavy atom. The molecule has 0 aliphatic heterocycles. The van der Waals surface area contributed by atoms with E-state index in [0.29, 0.717) is 17.0 Å². The van der Waals surface area contributed by atoms with Gasteiger partial charge in [0.05, 0.1) is 0 Å². The lowest BCUT2D eigenvalue weighted by atomic mass is 9.88. The molecule has 0 saturated heterocycles. The molecule has 1 amide bonds. The molecule has 0 aromatic heterocycles. The van der Waals surface area contributed by atoms with Crippen LogP contribution in [0.5, 0.6) is 0 Å². The van der Waals surface area contributed by atoms with Crippen molar-refractivity contribution in [1.29, 1.82) is 0 Å². The average Bonchev–Trinajstić information content (AvgIpc) is 2.70. The Labute approximate surface area is 164 Å². The number of nitrogens with zero attached hydrogens (tertiary/aromatic N) is 1. The van der Waals surface area contributed by atoms with E-state index < -0.39 is 5.82 Å². The molecule has 0 radical (unpaired) electrons. The molecule has 0 unspecified atom stereocenters. The van der Waals surface area contributed by atoms with Crippen LogP contribution in [0.15, 0.2) is 78.9 Å². The summed E-state index contributed by atoms with van der Waals surface area (Å²) in [7, 11) is 1.68. The first kappa shape index (κ1) is 19.1. The first-order chi connectivity index (χ1) is 13.1. The van der Waals surface area contributed by atoms with Gasteiger partial charge >= 0.3 is 0 Å². The van der Waals surface area contributed by atoms with Crippen LogP contribution in [0, 0.1) is 5.82 Å². The largest absolute Gasteiger partial charge is 0.341 e. The van der Waals surface area contributed by atoms with Gasteiger partial charge in [0.15, 0.2) is 0 Å². The van der Waals surface area contributed by atoms with Crippen LogP contribution in [0.1, 0.15) is 29.0 Å². The molecule has 0 heterocycles. The van der Waals surface area contributed by atoms with E-state index in [2.05, 4.69) is 0 Å². The van der Waals surface area contributed by atoms with Crippen molar-refractivity contribution in [2.45, 2.75) is 18.9 Å². The summed E-state index contributed by atoms with van der Waals surface area (Å²) in [6.07, 6.45) is 0.302. The fourth-order valence-electron chi connectivity index (χ4n) is 3.14. The first-order valence-corrected chi connectivity index (χ1v) is 9.21. The minimum Gasteiger partial charge on any atom is -0.341 e. The van der Waals surface area contributed by atoms with E-state index in [0.717, 1.165) is 11.1 Å². The quantitative estimate of drug-likeness (QED) is 0.539. The lowest BCUT2D eigenvalue weighted by molar-refractivity contribution is -0.130. The average molecular weight is 382 g/mol. The Bertz CT molecular complexity index is 839. The molecule has 0 bridgehead atoms. The van der Waals surface area contributed by atoms with Crippen molar-refractivity contribution in [2.24, 2.45) is 0 Å². The van der Waals surface area contributed by atoms with Crippen molar-refractivity contribution in [1.82, 2.24) is 4.90 Å². The van der Waals surface area contributed by atoms with E-state index in [1.807, 2.05) is 60.7 Å². The second-order valence-electron chi connectivity index (χ2n) is 6.53. The van der Waals surface area contributed by atoms with Crippen molar-refractivity contribution in [3.05, 3.63) is 106 Å². The van der Waals surface area contributed by atoms with Gasteiger partial charge in [0, 0.05) is 36.5 Å². The second kappa shape index (κ2) is 8.83. The van der Waals surface area contributed by atoms with E-state index in [-0.39, 0.29) is 18.4 Å². The molecular weight excluding hydrogens is 361 g/mol. The van der Waals surface area contributed by atoms with Gasteiger partial charge in [-0.3, -0.25) is 4.79 Å². The van der Waals surface area contributed by atoms with E-state index in [4.69, 9.17) is 11.6 Å². The fourth-order valence-corrected chi connectivity index (χ4v) is 3.36. The zero-order chi connectivity index (χ0) is 19.2. The van der Waals surface area contributed by atoms with E-state index in [9.17, 15) is 9.18 Å². The lowest BCUT2D eigenvalue weighted by Crippen LogP contribution is -2.28. The summed E-state index contributed by atoms with van der Waals surface area (Å²) in [6, 6.07) is 24.5. The van der Waals surface area contributed by atoms with E-state index >= 15 is 0 Å². The standard InChI is InChI=1S/C23H21ClFNO/c1-26(16-20-21(24)13-8-14-22(20)25)23(27)15-19(17-9-4-2-5-10-17)18-11-6-3-7-12-18/h2-14,19H,15-16H2,1H3. The van der Waals surface area contributed by atoms with Crippen LogP contribution in [0.4, 0.5) is 4.39 Å². The Hall–Kier alpha value is -2.65. The molecule has 3 aromatic rings. The third kappa shape index (κ3) is 4.75. The molecule has 0 saturated carbocycles. The fraction of sp³-hybridized carbons (Fsp3) is 0.174. The van der Waals surface area contributed by atoms with Crippen molar-refractivity contribution in [3.8, 4) is 0 Å². The van der Waals surface area contributed by atoms with Gasteiger partial charge in [0.1, 0.15) is 5.82 Å². The van der Waals surface area contributed by atoms with Gasteiger partial charge in [-0.05, 0) is 23.3 Å². The highest BCUT2D eigenvalue weighted by molar-refractivity contribution is 6.31. The van der Waals surface area contributed by atoms with Gasteiger partial charge in [-0.25, -0.2) is 4.39 Å². The highest BCUT2D eigenvalue weighted by Crippen LogP contribution is 2.29. The maximum absolute atomic E-state index is 14.0. The van der Waals surface area contributed by atoms with Gasteiger partial charge < -0.3 is 4.90 Å². The lowest BCUT2D eigenvalue weighted by Gasteiger charge is -2.23. The second-order valence-corrected chi connectivity index (χ2v) is 6.94. The van der Waals surface area contributed by atoms with Crippen molar-refractivity contribution in [3.63, 3.8) is 0 Å². The molecule has 0 atom stereocenters. The molecule has 3 rings (SSSR count). The summed E-state index contributed by atoms with van der Waals surface area (Å²) in [5, 5.41) is 0.331. The molecule has 4 heteroatoms. The van der Waals surface area contributed by atoms with Gasteiger partial charge in [-0.2, -0.15) is 0 Å². The Balaban J connectivity index is 1.80. The molecule has 0 fully saturated rings. The predicted octanol–water partition coefficient (Wildman–Crippen LogP) is 5.66. The van der Waals surface area contributed by atoms with Gasteiger partial charge in [0.25, 0.3) is 0 Å². The molecule has 3 aromatic carbocycles. The summed E-state index contributed by atoms with van der Waals surface area (Å²) < 4.78 is 14.0. The maximum atomic E-state index is 14.0. The highest BCUT2D eigenvalue weighted by Gasteiger charge is 2.21. The monoisotopic (exact) mass is 381 g/mol. The number of amides is 1. The minimum absolute atomic E-state index is 0.0570. The Morgan fingerprint density at radius 1 is 0.926 bits per heavy atom. The molecule has 27 heavy (non-hydrogen) atoms. The van der Waals surface area contributed by atoms with Crippen molar-refractivity contribution >= 4 is 17.5 Å². The molecule has 2 nitrogen and oxygen atoms in total. The SMILES string of the molecule is CN(Cc1c(F)cccc1Cl)C(=O)CC(c1ccccc1)c1ccccc1. The summed E-state index contributed by atoms with van der Waals surface area (Å²) in [5.74, 6) is -0.518. The van der Waals surface area contributed by atoms with Gasteiger partial charge in [0.2, 0.25) is 5.91 Å². The number of carbonyl (C=O) groups excluding carboxylic acids is 1. The number of rotatable bonds is 6. The van der Waals surface area contributed by atoms with Crippen molar-refractivity contribution in [2.75, 3.05) is 7.05 Å². The smallest absolute Gasteiger partial charge is 0.223 e. The maximum Gasteiger partial charge on any atom is 0.223 e. The molecule has 138 valence electrons. The topological polar surface area (TPSA) is 20.3 Å². The van der Waals surface area contributed by atoms with Crippen LogP contribution in [-0.4, -0.2) is 17.9 Å². The summed E-state index contributed by atoms with van der Waals surface area (Å²) in [4.78, 5) is 14.4. The highest BCUT2D eigenvalue weighted by atomic mass is 35.5. The number of halogens is 2. The molecular formula is C23H21ClFNO. The zero-order valence-electron chi connectivity index (χ0n) is 15.1. The van der Waals surface area contributed by atoms with Gasteiger partial charge in [-0.1, -0.05) is 78.3 Å². The van der Waals surface area contributed by atoms with Crippen LogP contribution >= 0.6 is 11.6 Å². The number of benzene rings is 3. The summed E-state index contributed by atoms with van der Waals surface area (Å²) in [6.45, 7) is 0.140. The third-order valence-electron chi connectivity index (χ3n) is 4.67. The van der Waals surface area contributed by atoms with E-state index in [1.165, 1.54) is 11.0 Å². The Kier molecular flexibility index (Phi) is 6.25. The van der Waals surface area contributed by atoms with Gasteiger partial charge in [-0.15, -0.1) is 0 Å². The van der Waals surface area contributed by atoms with Crippen LogP contribution < -0.4 is 0 Å². The number of hydrogen-bond acceptors (Lipinski definition) is 1. The Morgan fingerprint density at radius 3 is 2.00 bits per heavy atom. The third-order valence-corrected chi connectivity index (χ3v) is 5.02. The molecule has 0 spiro atoms. The van der Waals surface area contributed by atoms with Crippen LogP contribution in [-0.2, 0) is 11.3 Å². The minimum atomic E-state index is -0.398. The number of carbonyl (C=O) groups is 1. The molecule has 0 aliphatic rings. The molecule has 0 N–H and O–H groups in total. The summed E-state index contributed by atoms with van der Waals surface area (Å²) >= 11 is 6.10. The first-order valence-electron chi connectivity index (χ1n) is 8.83. The summed E-state index contributed by atoms with van der Waals surface area (Å²) in [5.41, 5.74) is 2.50. The number of hydrogen-bond donors (Lipinski definition) is 0. The predicted molar refractivity (Wildman–Crippen MR) is 107 cm³/mol.